The molecule has 1 fully saturated rings. The first kappa shape index (κ1) is 25.7. The van der Waals surface area contributed by atoms with Crippen LogP contribution < -0.4 is 9.47 Å². The predicted molar refractivity (Wildman–Crippen MR) is 123 cm³/mol. The maximum Gasteiger partial charge on any atom is 0.416 e. The first-order valence-electron chi connectivity index (χ1n) is 11.1. The Morgan fingerprint density at radius 2 is 1.79 bits per heavy atom. The Bertz CT molecular complexity index is 956. The van der Waals surface area contributed by atoms with Gasteiger partial charge < -0.3 is 19.5 Å². The van der Waals surface area contributed by atoms with Gasteiger partial charge in [-0.3, -0.25) is 0 Å². The zero-order valence-electron chi connectivity index (χ0n) is 19.0. The van der Waals surface area contributed by atoms with Crippen molar-refractivity contribution in [1.82, 2.24) is 4.90 Å². The summed E-state index contributed by atoms with van der Waals surface area (Å²) in [4.78, 5) is 2.22. The number of rotatable bonds is 6. The van der Waals surface area contributed by atoms with Gasteiger partial charge in [-0.2, -0.15) is 13.2 Å². The molecule has 1 N–H and O–H groups in total. The molecule has 182 valence electrons. The van der Waals surface area contributed by atoms with Gasteiger partial charge in [0.15, 0.2) is 11.5 Å². The van der Waals surface area contributed by atoms with Crippen LogP contribution in [0.15, 0.2) is 42.5 Å². The van der Waals surface area contributed by atoms with Crippen LogP contribution in [0.5, 0.6) is 11.5 Å². The minimum absolute atomic E-state index is 0. The third-order valence-corrected chi connectivity index (χ3v) is 6.34. The molecule has 0 radical (unpaired) electrons. The van der Waals surface area contributed by atoms with Crippen LogP contribution in [0.3, 0.4) is 0 Å². The van der Waals surface area contributed by atoms with E-state index in [1.165, 1.54) is 6.07 Å². The van der Waals surface area contributed by atoms with Crippen molar-refractivity contribution in [2.75, 3.05) is 26.2 Å². The highest BCUT2D eigenvalue weighted by Crippen LogP contribution is 2.42. The fourth-order valence-corrected chi connectivity index (χ4v) is 4.59. The summed E-state index contributed by atoms with van der Waals surface area (Å²) in [6, 6.07) is 11.0. The summed E-state index contributed by atoms with van der Waals surface area (Å²) in [5, 5.41) is 11.0. The number of benzene rings is 2. The number of likely N-dealkylation sites (tertiary alicyclic amines) is 1. The van der Waals surface area contributed by atoms with Crippen LogP contribution in [0.25, 0.3) is 0 Å². The minimum atomic E-state index is -4.41. The van der Waals surface area contributed by atoms with Gasteiger partial charge in [-0.1, -0.05) is 24.3 Å². The van der Waals surface area contributed by atoms with Gasteiger partial charge in [-0.25, -0.2) is 0 Å². The standard InChI is InChI=1S/C25H30F3NO3.ClH/c1-23(2)17-18-6-3-9-21(22(18)32-23)31-15-5-12-29-13-10-24(30,11-14-29)19-7-4-8-20(16-19)25(26,27)28;/h3-4,6-9,16,30H,5,10-15,17H2,1-2H3;1H. The first-order chi connectivity index (χ1) is 15.1. The lowest BCUT2D eigenvalue weighted by Crippen LogP contribution is -2.43. The molecular weight excluding hydrogens is 455 g/mol. The molecule has 0 aromatic heterocycles. The van der Waals surface area contributed by atoms with Crippen LogP contribution in [0.2, 0.25) is 0 Å². The van der Waals surface area contributed by atoms with Crippen LogP contribution in [0.4, 0.5) is 13.2 Å². The van der Waals surface area contributed by atoms with E-state index >= 15 is 0 Å². The maximum absolute atomic E-state index is 13.0. The number of ether oxygens (including phenoxy) is 2. The van der Waals surface area contributed by atoms with Gasteiger partial charge >= 0.3 is 6.18 Å². The van der Waals surface area contributed by atoms with Gasteiger partial charge in [-0.15, -0.1) is 12.4 Å². The van der Waals surface area contributed by atoms with Crippen molar-refractivity contribution in [2.24, 2.45) is 0 Å². The molecule has 0 unspecified atom stereocenters. The number of nitrogens with zero attached hydrogens (tertiary/aromatic N) is 1. The molecule has 0 amide bonds. The summed E-state index contributed by atoms with van der Waals surface area (Å²) >= 11 is 0. The molecule has 0 atom stereocenters. The van der Waals surface area contributed by atoms with Gasteiger partial charge in [-0.05, 0) is 56.9 Å². The zero-order chi connectivity index (χ0) is 23.0. The molecule has 2 heterocycles. The Kier molecular flexibility index (Phi) is 7.56. The number of aliphatic hydroxyl groups is 1. The number of piperidine rings is 1. The second-order valence-electron chi connectivity index (χ2n) is 9.44. The van der Waals surface area contributed by atoms with Crippen molar-refractivity contribution in [1.29, 1.82) is 0 Å². The van der Waals surface area contributed by atoms with E-state index in [0.29, 0.717) is 38.1 Å². The van der Waals surface area contributed by atoms with E-state index in [1.807, 2.05) is 12.1 Å². The van der Waals surface area contributed by atoms with E-state index in [1.54, 1.807) is 6.07 Å². The summed E-state index contributed by atoms with van der Waals surface area (Å²) in [6.07, 6.45) is -1.92. The molecule has 8 heteroatoms. The quantitative estimate of drug-likeness (QED) is 0.541. The maximum atomic E-state index is 13.0. The summed E-state index contributed by atoms with van der Waals surface area (Å²) in [6.45, 7) is 6.74. The third-order valence-electron chi connectivity index (χ3n) is 6.34. The normalized spacial score (nSPS) is 19.3. The van der Waals surface area contributed by atoms with Gasteiger partial charge in [0.05, 0.1) is 17.8 Å². The fraction of sp³-hybridized carbons (Fsp3) is 0.520. The molecule has 0 bridgehead atoms. The molecular formula is C25H31ClF3NO3. The molecule has 4 nitrogen and oxygen atoms in total. The summed E-state index contributed by atoms with van der Waals surface area (Å²) in [5.41, 5.74) is -0.647. The molecule has 0 aliphatic carbocycles. The Labute approximate surface area is 199 Å². The van der Waals surface area contributed by atoms with Gasteiger partial charge in [0.2, 0.25) is 0 Å². The monoisotopic (exact) mass is 485 g/mol. The topological polar surface area (TPSA) is 41.9 Å². The number of hydrogen-bond acceptors (Lipinski definition) is 4. The molecule has 0 spiro atoms. The minimum Gasteiger partial charge on any atom is -0.490 e. The van der Waals surface area contributed by atoms with E-state index in [0.717, 1.165) is 48.6 Å². The van der Waals surface area contributed by atoms with Crippen molar-refractivity contribution in [3.8, 4) is 11.5 Å². The van der Waals surface area contributed by atoms with Crippen molar-refractivity contribution in [2.45, 2.75) is 56.9 Å². The highest BCUT2D eigenvalue weighted by molar-refractivity contribution is 5.85. The molecule has 2 aliphatic rings. The second kappa shape index (κ2) is 9.72. The highest BCUT2D eigenvalue weighted by atomic mass is 35.5. The van der Waals surface area contributed by atoms with Crippen molar-refractivity contribution in [3.05, 3.63) is 59.2 Å². The predicted octanol–water partition coefficient (Wildman–Crippen LogP) is 5.59. The molecule has 2 aliphatic heterocycles. The second-order valence-corrected chi connectivity index (χ2v) is 9.44. The Balaban J connectivity index is 0.00000306. The Morgan fingerprint density at radius 1 is 1.09 bits per heavy atom. The SMILES string of the molecule is CC1(C)Cc2cccc(OCCCN3CCC(O)(c4cccc(C(F)(F)F)c4)CC3)c2O1.Cl. The molecule has 33 heavy (non-hydrogen) atoms. The molecule has 4 rings (SSSR count). The van der Waals surface area contributed by atoms with E-state index in [4.69, 9.17) is 9.47 Å². The van der Waals surface area contributed by atoms with E-state index in [-0.39, 0.29) is 18.0 Å². The van der Waals surface area contributed by atoms with Crippen LogP contribution in [0.1, 0.15) is 49.8 Å². The number of alkyl halides is 3. The average Bonchev–Trinajstić information content (AvgIpc) is 3.06. The van der Waals surface area contributed by atoms with Crippen LogP contribution in [0, 0.1) is 0 Å². The lowest BCUT2D eigenvalue weighted by molar-refractivity contribution is -0.137. The molecule has 0 saturated carbocycles. The first-order valence-corrected chi connectivity index (χ1v) is 11.1. The lowest BCUT2D eigenvalue weighted by Gasteiger charge is -2.38. The Morgan fingerprint density at radius 3 is 2.48 bits per heavy atom. The van der Waals surface area contributed by atoms with E-state index in [2.05, 4.69) is 24.8 Å². The van der Waals surface area contributed by atoms with Gasteiger partial charge in [0, 0.05) is 31.6 Å². The van der Waals surface area contributed by atoms with Gasteiger partial charge in [0.1, 0.15) is 5.60 Å². The van der Waals surface area contributed by atoms with Crippen LogP contribution >= 0.6 is 12.4 Å². The number of para-hydroxylation sites is 1. The van der Waals surface area contributed by atoms with E-state index < -0.39 is 17.3 Å². The number of hydrogen-bond donors (Lipinski definition) is 1. The number of halogens is 4. The van der Waals surface area contributed by atoms with E-state index in [9.17, 15) is 18.3 Å². The van der Waals surface area contributed by atoms with Gasteiger partial charge in [0.25, 0.3) is 0 Å². The molecule has 2 aromatic rings. The smallest absolute Gasteiger partial charge is 0.416 e. The lowest BCUT2D eigenvalue weighted by atomic mass is 9.83. The summed E-state index contributed by atoms with van der Waals surface area (Å²) in [5.74, 6) is 1.60. The highest BCUT2D eigenvalue weighted by Gasteiger charge is 2.37. The summed E-state index contributed by atoms with van der Waals surface area (Å²) in [7, 11) is 0. The van der Waals surface area contributed by atoms with Crippen LogP contribution in [-0.2, 0) is 18.2 Å². The summed E-state index contributed by atoms with van der Waals surface area (Å²) < 4.78 is 51.1. The molecule has 2 aromatic carbocycles. The average molecular weight is 486 g/mol. The van der Waals surface area contributed by atoms with Crippen LogP contribution in [-0.4, -0.2) is 41.8 Å². The Hall–Kier alpha value is -1.96. The zero-order valence-corrected chi connectivity index (χ0v) is 19.8. The van der Waals surface area contributed by atoms with Crippen molar-refractivity contribution >= 4 is 12.4 Å². The fourth-order valence-electron chi connectivity index (χ4n) is 4.59. The van der Waals surface area contributed by atoms with Crippen molar-refractivity contribution in [3.63, 3.8) is 0 Å². The molecule has 1 saturated heterocycles. The number of fused-ring (bicyclic) bond motifs is 1. The van der Waals surface area contributed by atoms with Crippen molar-refractivity contribution < 1.29 is 27.8 Å². The third kappa shape index (κ3) is 5.94. The largest absolute Gasteiger partial charge is 0.490 e.